The number of anilines is 1. The van der Waals surface area contributed by atoms with Gasteiger partial charge in [-0.25, -0.2) is 4.79 Å². The van der Waals surface area contributed by atoms with Crippen molar-refractivity contribution in [3.8, 4) is 5.75 Å². The Morgan fingerprint density at radius 3 is 2.73 bits per heavy atom. The molecule has 1 aromatic carbocycles. The van der Waals surface area contributed by atoms with Crippen LogP contribution in [0.2, 0.25) is 0 Å². The summed E-state index contributed by atoms with van der Waals surface area (Å²) in [5, 5.41) is 5.44. The second-order valence-corrected chi connectivity index (χ2v) is 5.91. The van der Waals surface area contributed by atoms with Gasteiger partial charge in [-0.15, -0.1) is 0 Å². The summed E-state index contributed by atoms with van der Waals surface area (Å²) in [4.78, 5) is 22.8. The second-order valence-electron chi connectivity index (χ2n) is 5.50. The van der Waals surface area contributed by atoms with Crippen molar-refractivity contribution in [1.82, 2.24) is 5.32 Å². The SMILES string of the molecule is CCOC(=O)/C=C/C(=O)NC(=S)Nc1ccc(OC[C@H]2CCCO2)cc1. The Kier molecular flexibility index (Phi) is 8.04. The molecule has 1 amide bonds. The third-order valence-corrected chi connectivity index (χ3v) is 3.67. The summed E-state index contributed by atoms with van der Waals surface area (Å²) < 4.78 is 15.9. The van der Waals surface area contributed by atoms with Crippen LogP contribution in [0.4, 0.5) is 5.69 Å². The van der Waals surface area contributed by atoms with Crippen LogP contribution in [0.1, 0.15) is 19.8 Å². The smallest absolute Gasteiger partial charge is 0.330 e. The zero-order chi connectivity index (χ0) is 18.8. The Balaban J connectivity index is 1.74. The number of esters is 1. The van der Waals surface area contributed by atoms with Crippen molar-refractivity contribution in [2.45, 2.75) is 25.9 Å². The average Bonchev–Trinajstić information content (AvgIpc) is 3.13. The molecular weight excluding hydrogens is 356 g/mol. The minimum Gasteiger partial charge on any atom is -0.491 e. The van der Waals surface area contributed by atoms with Crippen LogP contribution in [0.5, 0.6) is 5.75 Å². The predicted molar refractivity (Wildman–Crippen MR) is 101 cm³/mol. The fraction of sp³-hybridized carbons (Fsp3) is 0.389. The number of thiocarbonyl (C=S) groups is 1. The summed E-state index contributed by atoms with van der Waals surface area (Å²) >= 11 is 5.06. The van der Waals surface area contributed by atoms with Crippen LogP contribution >= 0.6 is 12.2 Å². The highest BCUT2D eigenvalue weighted by atomic mass is 32.1. The molecule has 1 fully saturated rings. The molecule has 0 bridgehead atoms. The zero-order valence-electron chi connectivity index (χ0n) is 14.5. The Morgan fingerprint density at radius 1 is 1.31 bits per heavy atom. The largest absolute Gasteiger partial charge is 0.491 e. The van der Waals surface area contributed by atoms with Crippen molar-refractivity contribution in [2.24, 2.45) is 0 Å². The molecule has 1 saturated heterocycles. The summed E-state index contributed by atoms with van der Waals surface area (Å²) in [6, 6.07) is 7.19. The summed E-state index contributed by atoms with van der Waals surface area (Å²) in [7, 11) is 0. The van der Waals surface area contributed by atoms with Crippen LogP contribution in [-0.4, -0.2) is 42.9 Å². The lowest BCUT2D eigenvalue weighted by Crippen LogP contribution is -2.32. The topological polar surface area (TPSA) is 85.9 Å². The predicted octanol–water partition coefficient (Wildman–Crippen LogP) is 2.18. The molecule has 0 saturated carbocycles. The van der Waals surface area contributed by atoms with Gasteiger partial charge in [0.15, 0.2) is 5.11 Å². The first-order valence-electron chi connectivity index (χ1n) is 8.38. The number of hydrogen-bond acceptors (Lipinski definition) is 6. The molecule has 0 spiro atoms. The van der Waals surface area contributed by atoms with Gasteiger partial charge in [-0.2, -0.15) is 0 Å². The molecule has 2 N–H and O–H groups in total. The van der Waals surface area contributed by atoms with Crippen LogP contribution in [0, 0.1) is 0 Å². The maximum absolute atomic E-state index is 11.7. The van der Waals surface area contributed by atoms with Crippen molar-refractivity contribution in [2.75, 3.05) is 25.1 Å². The zero-order valence-corrected chi connectivity index (χ0v) is 15.3. The number of carbonyl (C=O) groups excluding carboxylic acids is 2. The van der Waals surface area contributed by atoms with Gasteiger partial charge in [0.1, 0.15) is 12.4 Å². The Hall–Kier alpha value is -2.45. The number of hydrogen-bond donors (Lipinski definition) is 2. The minimum absolute atomic E-state index is 0.122. The lowest BCUT2D eigenvalue weighted by Gasteiger charge is -2.12. The van der Waals surface area contributed by atoms with Gasteiger partial charge in [-0.3, -0.25) is 10.1 Å². The molecule has 1 aliphatic heterocycles. The van der Waals surface area contributed by atoms with E-state index in [1.165, 1.54) is 0 Å². The highest BCUT2D eigenvalue weighted by molar-refractivity contribution is 7.80. The molecule has 0 aromatic heterocycles. The molecule has 140 valence electrons. The molecule has 0 radical (unpaired) electrons. The van der Waals surface area contributed by atoms with E-state index in [2.05, 4.69) is 15.4 Å². The van der Waals surface area contributed by atoms with E-state index in [-0.39, 0.29) is 17.8 Å². The minimum atomic E-state index is -0.583. The summed E-state index contributed by atoms with van der Waals surface area (Å²) in [6.45, 7) is 3.27. The molecule has 1 heterocycles. The molecule has 0 aliphatic carbocycles. The number of nitrogens with one attached hydrogen (secondary N) is 2. The maximum Gasteiger partial charge on any atom is 0.330 e. The van der Waals surface area contributed by atoms with E-state index in [4.69, 9.17) is 21.7 Å². The van der Waals surface area contributed by atoms with Crippen molar-refractivity contribution in [3.05, 3.63) is 36.4 Å². The van der Waals surface area contributed by atoms with Gasteiger partial charge in [-0.05, 0) is 56.2 Å². The van der Waals surface area contributed by atoms with Crippen LogP contribution in [0.25, 0.3) is 0 Å². The average molecular weight is 378 g/mol. The van der Waals surface area contributed by atoms with E-state index >= 15 is 0 Å². The molecule has 8 heteroatoms. The van der Waals surface area contributed by atoms with Gasteiger partial charge in [0, 0.05) is 24.4 Å². The quantitative estimate of drug-likeness (QED) is 0.427. The van der Waals surface area contributed by atoms with Gasteiger partial charge in [-0.1, -0.05) is 0 Å². The van der Waals surface area contributed by atoms with Crippen LogP contribution in [-0.2, 0) is 19.1 Å². The van der Waals surface area contributed by atoms with E-state index < -0.39 is 11.9 Å². The summed E-state index contributed by atoms with van der Waals surface area (Å²) in [6.07, 6.45) is 4.38. The monoisotopic (exact) mass is 378 g/mol. The van der Waals surface area contributed by atoms with Crippen LogP contribution in [0.3, 0.4) is 0 Å². The third kappa shape index (κ3) is 7.20. The highest BCUT2D eigenvalue weighted by Gasteiger charge is 2.15. The fourth-order valence-corrected chi connectivity index (χ4v) is 2.47. The molecular formula is C18H22N2O5S. The van der Waals surface area contributed by atoms with Crippen molar-refractivity contribution < 1.29 is 23.8 Å². The Morgan fingerprint density at radius 2 is 2.08 bits per heavy atom. The molecule has 26 heavy (non-hydrogen) atoms. The van der Waals surface area contributed by atoms with Gasteiger partial charge in [0.25, 0.3) is 0 Å². The van der Waals surface area contributed by atoms with Gasteiger partial charge >= 0.3 is 5.97 Å². The standard InChI is InChI=1S/C18H22N2O5S/c1-2-23-17(22)10-9-16(21)20-18(26)19-13-5-7-14(8-6-13)25-12-15-4-3-11-24-15/h5-10,15H,2-4,11-12H2,1H3,(H2,19,20,21,26)/b10-9+/t15-/m1/s1. The van der Waals surface area contributed by atoms with Crippen molar-refractivity contribution in [3.63, 3.8) is 0 Å². The summed E-state index contributed by atoms with van der Waals surface area (Å²) in [5.74, 6) is -0.370. The first-order valence-corrected chi connectivity index (χ1v) is 8.79. The normalized spacial score (nSPS) is 16.3. The number of carbonyl (C=O) groups is 2. The first kappa shape index (κ1) is 19.9. The number of rotatable bonds is 7. The fourth-order valence-electron chi connectivity index (χ4n) is 2.25. The van der Waals surface area contributed by atoms with E-state index in [1.807, 2.05) is 12.1 Å². The first-order chi connectivity index (χ1) is 12.6. The number of benzene rings is 1. The highest BCUT2D eigenvalue weighted by Crippen LogP contribution is 2.18. The van der Waals surface area contributed by atoms with Crippen LogP contribution in [0.15, 0.2) is 36.4 Å². The van der Waals surface area contributed by atoms with E-state index in [0.717, 1.165) is 37.4 Å². The van der Waals surface area contributed by atoms with Crippen molar-refractivity contribution >= 4 is 34.9 Å². The van der Waals surface area contributed by atoms with Crippen LogP contribution < -0.4 is 15.4 Å². The van der Waals surface area contributed by atoms with E-state index in [0.29, 0.717) is 12.3 Å². The Labute approximate surface area is 157 Å². The molecule has 1 atom stereocenters. The lowest BCUT2D eigenvalue weighted by atomic mass is 10.2. The van der Waals surface area contributed by atoms with Gasteiger partial charge < -0.3 is 19.5 Å². The lowest BCUT2D eigenvalue weighted by molar-refractivity contribution is -0.137. The molecule has 1 aliphatic rings. The Bertz CT molecular complexity index is 654. The third-order valence-electron chi connectivity index (χ3n) is 3.47. The van der Waals surface area contributed by atoms with Gasteiger partial charge in [0.2, 0.25) is 5.91 Å². The molecule has 2 rings (SSSR count). The molecule has 1 aromatic rings. The second kappa shape index (κ2) is 10.5. The van der Waals surface area contributed by atoms with E-state index in [9.17, 15) is 9.59 Å². The molecule has 0 unspecified atom stereocenters. The molecule has 7 nitrogen and oxygen atoms in total. The maximum atomic E-state index is 11.7. The van der Waals surface area contributed by atoms with E-state index in [1.54, 1.807) is 19.1 Å². The number of amides is 1. The van der Waals surface area contributed by atoms with Gasteiger partial charge in [0.05, 0.1) is 12.7 Å². The summed E-state index contributed by atoms with van der Waals surface area (Å²) in [5.41, 5.74) is 0.703. The van der Waals surface area contributed by atoms with Crippen molar-refractivity contribution in [1.29, 1.82) is 0 Å². The number of ether oxygens (including phenoxy) is 3.